The number of hydrogen-bond donors (Lipinski definition) is 3. The summed E-state index contributed by atoms with van der Waals surface area (Å²) in [6, 6.07) is 6.52. The standard InChI is InChI=1S/C13H15N5O3S2/c1-7(10(19)16-11(14)20)22-13-18-17-12(23-13)15-8-4-3-5-9(6-8)21-2/h3-7H,1-2H3,(H,15,17)(H3,14,16,19,20). The fraction of sp³-hybridized carbons (Fsp3) is 0.231. The quantitative estimate of drug-likeness (QED) is 0.679. The van der Waals surface area contributed by atoms with Gasteiger partial charge in [0.1, 0.15) is 5.75 Å². The Bertz CT molecular complexity index is 706. The molecule has 2 rings (SSSR count). The number of nitrogens with zero attached hydrogens (tertiary/aromatic N) is 2. The zero-order valence-corrected chi connectivity index (χ0v) is 14.0. The molecule has 4 N–H and O–H groups in total. The molecular weight excluding hydrogens is 338 g/mol. The number of benzene rings is 1. The SMILES string of the molecule is COc1cccc(Nc2nnc(SC(C)C(=O)NC(N)=O)s2)c1. The smallest absolute Gasteiger partial charge is 0.318 e. The van der Waals surface area contributed by atoms with Crippen LogP contribution in [0.25, 0.3) is 0 Å². The second kappa shape index (κ2) is 7.79. The molecule has 8 nitrogen and oxygen atoms in total. The number of amides is 3. The van der Waals surface area contributed by atoms with Crippen LogP contribution in [0, 0.1) is 0 Å². The molecule has 122 valence electrons. The molecule has 0 bridgehead atoms. The minimum atomic E-state index is -0.875. The number of primary amides is 1. The molecule has 3 amide bonds. The third-order valence-electron chi connectivity index (χ3n) is 2.62. The van der Waals surface area contributed by atoms with Gasteiger partial charge >= 0.3 is 6.03 Å². The van der Waals surface area contributed by atoms with Crippen LogP contribution in [-0.2, 0) is 4.79 Å². The van der Waals surface area contributed by atoms with Gasteiger partial charge in [-0.1, -0.05) is 29.2 Å². The summed E-state index contributed by atoms with van der Waals surface area (Å²) in [6.07, 6.45) is 0. The number of rotatable bonds is 6. The van der Waals surface area contributed by atoms with Crippen molar-refractivity contribution in [2.45, 2.75) is 16.5 Å². The molecule has 1 aromatic carbocycles. The maximum atomic E-state index is 11.6. The lowest BCUT2D eigenvalue weighted by Gasteiger charge is -2.06. The number of nitrogens with two attached hydrogens (primary N) is 1. The summed E-state index contributed by atoms with van der Waals surface area (Å²) in [4.78, 5) is 22.3. The first-order valence-electron chi connectivity index (χ1n) is 6.49. The number of carbonyl (C=O) groups is 2. The van der Waals surface area contributed by atoms with Crippen LogP contribution in [0.1, 0.15) is 6.92 Å². The van der Waals surface area contributed by atoms with Gasteiger partial charge in [-0.2, -0.15) is 0 Å². The molecule has 1 atom stereocenters. The lowest BCUT2D eigenvalue weighted by Crippen LogP contribution is -2.39. The highest BCUT2D eigenvalue weighted by Gasteiger charge is 2.18. The summed E-state index contributed by atoms with van der Waals surface area (Å²) < 4.78 is 5.75. The first-order valence-corrected chi connectivity index (χ1v) is 8.19. The molecule has 0 saturated heterocycles. The van der Waals surface area contributed by atoms with E-state index in [4.69, 9.17) is 10.5 Å². The predicted octanol–water partition coefficient (Wildman–Crippen LogP) is 1.97. The molecule has 10 heteroatoms. The van der Waals surface area contributed by atoms with Crippen molar-refractivity contribution in [1.82, 2.24) is 15.5 Å². The summed E-state index contributed by atoms with van der Waals surface area (Å²) in [5.74, 6) is 0.255. The largest absolute Gasteiger partial charge is 0.497 e. The van der Waals surface area contributed by atoms with Gasteiger partial charge in [-0.3, -0.25) is 10.1 Å². The maximum Gasteiger partial charge on any atom is 0.318 e. The van der Waals surface area contributed by atoms with Crippen LogP contribution in [0.15, 0.2) is 28.6 Å². The van der Waals surface area contributed by atoms with E-state index in [1.165, 1.54) is 23.1 Å². The Labute approximate surface area is 140 Å². The molecule has 0 radical (unpaired) electrons. The van der Waals surface area contributed by atoms with E-state index in [-0.39, 0.29) is 0 Å². The molecule has 2 aromatic rings. The maximum absolute atomic E-state index is 11.6. The van der Waals surface area contributed by atoms with E-state index in [9.17, 15) is 9.59 Å². The van der Waals surface area contributed by atoms with Crippen LogP contribution in [0.4, 0.5) is 15.6 Å². The highest BCUT2D eigenvalue weighted by Crippen LogP contribution is 2.31. The van der Waals surface area contributed by atoms with Crippen molar-refractivity contribution >= 4 is 45.9 Å². The van der Waals surface area contributed by atoms with E-state index in [1.54, 1.807) is 14.0 Å². The van der Waals surface area contributed by atoms with Gasteiger partial charge < -0.3 is 15.8 Å². The summed E-state index contributed by atoms with van der Waals surface area (Å²) in [5.41, 5.74) is 5.73. The van der Waals surface area contributed by atoms with Gasteiger partial charge in [0.05, 0.1) is 12.4 Å². The highest BCUT2D eigenvalue weighted by atomic mass is 32.2. The van der Waals surface area contributed by atoms with E-state index in [0.29, 0.717) is 9.47 Å². The van der Waals surface area contributed by atoms with Gasteiger partial charge in [0.25, 0.3) is 0 Å². The number of hydrogen-bond acceptors (Lipinski definition) is 8. The number of urea groups is 1. The number of anilines is 2. The first kappa shape index (κ1) is 17.0. The number of nitrogens with one attached hydrogen (secondary N) is 2. The Hall–Kier alpha value is -2.33. The van der Waals surface area contributed by atoms with Gasteiger partial charge in [0.2, 0.25) is 11.0 Å². The molecule has 1 heterocycles. The molecular formula is C13H15N5O3S2. The topological polar surface area (TPSA) is 119 Å². The van der Waals surface area contributed by atoms with Crippen molar-refractivity contribution in [1.29, 1.82) is 0 Å². The molecule has 0 aliphatic rings. The number of imide groups is 1. The lowest BCUT2D eigenvalue weighted by molar-refractivity contribution is -0.119. The lowest BCUT2D eigenvalue weighted by atomic mass is 10.3. The van der Waals surface area contributed by atoms with Gasteiger partial charge in [0.15, 0.2) is 4.34 Å². The third-order valence-corrected chi connectivity index (χ3v) is 4.64. The fourth-order valence-electron chi connectivity index (χ4n) is 1.56. The molecule has 0 aliphatic carbocycles. The summed E-state index contributed by atoms with van der Waals surface area (Å²) in [6.45, 7) is 1.65. The van der Waals surface area contributed by atoms with E-state index in [0.717, 1.165) is 11.4 Å². The molecule has 0 saturated carbocycles. The van der Waals surface area contributed by atoms with E-state index in [1.807, 2.05) is 29.6 Å². The van der Waals surface area contributed by atoms with Crippen LogP contribution in [0.3, 0.4) is 0 Å². The summed E-state index contributed by atoms with van der Waals surface area (Å²) in [7, 11) is 1.59. The average Bonchev–Trinajstić information content (AvgIpc) is 2.93. The van der Waals surface area contributed by atoms with Crippen molar-refractivity contribution in [2.24, 2.45) is 5.73 Å². The van der Waals surface area contributed by atoms with E-state index >= 15 is 0 Å². The van der Waals surface area contributed by atoms with Crippen LogP contribution >= 0.6 is 23.1 Å². The minimum Gasteiger partial charge on any atom is -0.497 e. The van der Waals surface area contributed by atoms with Crippen LogP contribution in [-0.4, -0.2) is 34.5 Å². The number of aromatic nitrogens is 2. The normalized spacial score (nSPS) is 11.6. The van der Waals surface area contributed by atoms with Crippen molar-refractivity contribution in [3.63, 3.8) is 0 Å². The van der Waals surface area contributed by atoms with Crippen LogP contribution < -0.4 is 21.1 Å². The van der Waals surface area contributed by atoms with E-state index in [2.05, 4.69) is 15.5 Å². The second-order valence-electron chi connectivity index (χ2n) is 4.34. The van der Waals surface area contributed by atoms with Gasteiger partial charge in [0, 0.05) is 11.8 Å². The average molecular weight is 353 g/mol. The Kier molecular flexibility index (Phi) is 5.77. The van der Waals surface area contributed by atoms with Crippen molar-refractivity contribution < 1.29 is 14.3 Å². The molecule has 0 spiro atoms. The third kappa shape index (κ3) is 5.11. The molecule has 23 heavy (non-hydrogen) atoms. The fourth-order valence-corrected chi connectivity index (χ4v) is 3.48. The van der Waals surface area contributed by atoms with Crippen molar-refractivity contribution in [2.75, 3.05) is 12.4 Å². The Morgan fingerprint density at radius 3 is 2.87 bits per heavy atom. The monoisotopic (exact) mass is 353 g/mol. The molecule has 0 fully saturated rings. The van der Waals surface area contributed by atoms with Gasteiger partial charge in [-0.15, -0.1) is 10.2 Å². The Balaban J connectivity index is 1.97. The number of thioether (sulfide) groups is 1. The number of carbonyl (C=O) groups excluding carboxylic acids is 2. The Morgan fingerprint density at radius 2 is 2.17 bits per heavy atom. The van der Waals surface area contributed by atoms with E-state index < -0.39 is 17.2 Å². The van der Waals surface area contributed by atoms with Crippen LogP contribution in [0.2, 0.25) is 0 Å². The van der Waals surface area contributed by atoms with Gasteiger partial charge in [-0.25, -0.2) is 4.79 Å². The molecule has 1 aromatic heterocycles. The van der Waals surface area contributed by atoms with Crippen molar-refractivity contribution in [3.05, 3.63) is 24.3 Å². The Morgan fingerprint density at radius 1 is 1.39 bits per heavy atom. The van der Waals surface area contributed by atoms with Crippen molar-refractivity contribution in [3.8, 4) is 5.75 Å². The molecule has 0 aliphatic heterocycles. The number of methoxy groups -OCH3 is 1. The first-order chi connectivity index (χ1) is 11.0. The zero-order chi connectivity index (χ0) is 16.8. The minimum absolute atomic E-state index is 0.472. The summed E-state index contributed by atoms with van der Waals surface area (Å²) >= 11 is 2.49. The highest BCUT2D eigenvalue weighted by molar-refractivity contribution is 8.02. The zero-order valence-electron chi connectivity index (χ0n) is 12.4. The van der Waals surface area contributed by atoms with Crippen LogP contribution in [0.5, 0.6) is 5.75 Å². The summed E-state index contributed by atoms with van der Waals surface area (Å²) in [5, 5.41) is 13.2. The predicted molar refractivity (Wildman–Crippen MR) is 89.2 cm³/mol. The molecule has 1 unspecified atom stereocenters. The second-order valence-corrected chi connectivity index (χ2v) is 6.91. The van der Waals surface area contributed by atoms with Gasteiger partial charge in [-0.05, 0) is 19.1 Å². The number of ether oxygens (including phenoxy) is 1.